The standard InChI is InChI=1S/C14H14F3NO4S/c1-9-6-11(10(2)21-9)8-18-23(19,20)13-5-3-4-12(7-13)22-14(15,16)17/h3-7,18H,8H2,1-2H3. The number of hydrogen-bond acceptors (Lipinski definition) is 4. The Balaban J connectivity index is 2.16. The minimum absolute atomic E-state index is 0.0319. The Morgan fingerprint density at radius 3 is 2.48 bits per heavy atom. The van der Waals surface area contributed by atoms with Crippen molar-refractivity contribution in [3.63, 3.8) is 0 Å². The highest BCUT2D eigenvalue weighted by molar-refractivity contribution is 7.89. The second-order valence-electron chi connectivity index (χ2n) is 4.79. The van der Waals surface area contributed by atoms with E-state index < -0.39 is 22.1 Å². The molecule has 0 saturated carbocycles. The SMILES string of the molecule is Cc1cc(CNS(=O)(=O)c2cccc(OC(F)(F)F)c2)c(C)o1. The van der Waals surface area contributed by atoms with Crippen LogP contribution in [0.5, 0.6) is 5.75 Å². The van der Waals surface area contributed by atoms with Gasteiger partial charge in [0.05, 0.1) is 4.90 Å². The third-order valence-corrected chi connectivity index (χ3v) is 4.34. The molecule has 0 aliphatic carbocycles. The molecule has 1 N–H and O–H groups in total. The molecule has 0 radical (unpaired) electrons. The van der Waals surface area contributed by atoms with E-state index in [4.69, 9.17) is 4.42 Å². The molecule has 5 nitrogen and oxygen atoms in total. The zero-order valence-electron chi connectivity index (χ0n) is 12.3. The van der Waals surface area contributed by atoms with E-state index in [2.05, 4.69) is 9.46 Å². The third kappa shape index (κ3) is 4.73. The second kappa shape index (κ2) is 6.25. The van der Waals surface area contributed by atoms with E-state index in [0.717, 1.165) is 12.1 Å². The summed E-state index contributed by atoms with van der Waals surface area (Å²) in [5.41, 5.74) is 0.647. The smallest absolute Gasteiger partial charge is 0.466 e. The van der Waals surface area contributed by atoms with E-state index in [9.17, 15) is 21.6 Å². The molecule has 126 valence electrons. The van der Waals surface area contributed by atoms with Gasteiger partial charge in [0, 0.05) is 18.2 Å². The molecule has 1 aromatic heterocycles. The number of ether oxygens (including phenoxy) is 1. The Morgan fingerprint density at radius 1 is 1.22 bits per heavy atom. The van der Waals surface area contributed by atoms with E-state index in [1.807, 2.05) is 0 Å². The Kier molecular flexibility index (Phi) is 4.71. The summed E-state index contributed by atoms with van der Waals surface area (Å²) >= 11 is 0. The zero-order valence-corrected chi connectivity index (χ0v) is 13.1. The zero-order chi connectivity index (χ0) is 17.3. The van der Waals surface area contributed by atoms with Crippen LogP contribution in [0.25, 0.3) is 0 Å². The third-order valence-electron chi connectivity index (χ3n) is 2.95. The van der Waals surface area contributed by atoms with Crippen molar-refractivity contribution >= 4 is 10.0 Å². The Hall–Kier alpha value is -2.00. The molecule has 0 unspecified atom stereocenters. The van der Waals surface area contributed by atoms with Crippen molar-refractivity contribution in [2.45, 2.75) is 31.7 Å². The Morgan fingerprint density at radius 2 is 1.91 bits per heavy atom. The maximum Gasteiger partial charge on any atom is 0.573 e. The van der Waals surface area contributed by atoms with E-state index in [1.54, 1.807) is 19.9 Å². The summed E-state index contributed by atoms with van der Waals surface area (Å²) in [5.74, 6) is 0.604. The molecule has 2 aromatic rings. The fourth-order valence-corrected chi connectivity index (χ4v) is 2.99. The van der Waals surface area contributed by atoms with Crippen LogP contribution in [0.4, 0.5) is 13.2 Å². The van der Waals surface area contributed by atoms with E-state index in [1.165, 1.54) is 12.1 Å². The van der Waals surface area contributed by atoms with Crippen LogP contribution in [0.3, 0.4) is 0 Å². The molecule has 0 spiro atoms. The highest BCUT2D eigenvalue weighted by atomic mass is 32.2. The topological polar surface area (TPSA) is 68.5 Å². The predicted octanol–water partition coefficient (Wildman–Crippen LogP) is 3.27. The maximum atomic E-state index is 12.2. The molecule has 1 aromatic carbocycles. The first kappa shape index (κ1) is 17.4. The monoisotopic (exact) mass is 349 g/mol. The van der Waals surface area contributed by atoms with Gasteiger partial charge in [0.25, 0.3) is 0 Å². The van der Waals surface area contributed by atoms with Crippen LogP contribution >= 0.6 is 0 Å². The molecule has 9 heteroatoms. The first-order valence-electron chi connectivity index (χ1n) is 6.48. The number of halogens is 3. The van der Waals surface area contributed by atoms with Crippen molar-refractivity contribution in [1.29, 1.82) is 0 Å². The summed E-state index contributed by atoms with van der Waals surface area (Å²) in [6.45, 7) is 3.38. The average Bonchev–Trinajstić information content (AvgIpc) is 2.73. The lowest BCUT2D eigenvalue weighted by molar-refractivity contribution is -0.274. The van der Waals surface area contributed by atoms with Crippen molar-refractivity contribution in [3.05, 3.63) is 47.4 Å². The molecule has 1 heterocycles. The lowest BCUT2D eigenvalue weighted by Crippen LogP contribution is -2.23. The van der Waals surface area contributed by atoms with Gasteiger partial charge in [-0.2, -0.15) is 0 Å². The molecule has 0 saturated heterocycles. The molecular weight excluding hydrogens is 335 g/mol. The second-order valence-corrected chi connectivity index (χ2v) is 6.55. The van der Waals surface area contributed by atoms with Gasteiger partial charge >= 0.3 is 6.36 Å². The molecule has 23 heavy (non-hydrogen) atoms. The van der Waals surface area contributed by atoms with Gasteiger partial charge in [-0.15, -0.1) is 13.2 Å². The van der Waals surface area contributed by atoms with Crippen LogP contribution in [0, 0.1) is 13.8 Å². The van der Waals surface area contributed by atoms with E-state index in [-0.39, 0.29) is 11.4 Å². The lowest BCUT2D eigenvalue weighted by Gasteiger charge is -2.11. The first-order chi connectivity index (χ1) is 10.6. The van der Waals surface area contributed by atoms with E-state index >= 15 is 0 Å². The summed E-state index contributed by atoms with van der Waals surface area (Å²) in [5, 5.41) is 0. The number of hydrogen-bond donors (Lipinski definition) is 1. The number of alkyl halides is 3. The number of benzene rings is 1. The van der Waals surface area contributed by atoms with Gasteiger partial charge in [0.2, 0.25) is 10.0 Å². The van der Waals surface area contributed by atoms with Gasteiger partial charge in [-0.1, -0.05) is 6.07 Å². The number of aryl methyl sites for hydroxylation is 2. The normalized spacial score (nSPS) is 12.4. The van der Waals surface area contributed by atoms with Gasteiger partial charge < -0.3 is 9.15 Å². The van der Waals surface area contributed by atoms with Crippen molar-refractivity contribution < 1.29 is 30.7 Å². The van der Waals surface area contributed by atoms with Crippen molar-refractivity contribution in [2.75, 3.05) is 0 Å². The predicted molar refractivity (Wildman–Crippen MR) is 75.3 cm³/mol. The minimum atomic E-state index is -4.89. The van der Waals surface area contributed by atoms with Gasteiger partial charge in [-0.3, -0.25) is 0 Å². The van der Waals surface area contributed by atoms with Crippen LogP contribution in [-0.2, 0) is 16.6 Å². The summed E-state index contributed by atoms with van der Waals surface area (Å²) in [6.07, 6.45) is -4.89. The Bertz CT molecular complexity index is 797. The van der Waals surface area contributed by atoms with Gasteiger partial charge in [-0.25, -0.2) is 13.1 Å². The summed E-state index contributed by atoms with van der Waals surface area (Å²) < 4.78 is 72.2. The van der Waals surface area contributed by atoms with Crippen LogP contribution < -0.4 is 9.46 Å². The minimum Gasteiger partial charge on any atom is -0.466 e. The molecular formula is C14H14F3NO4S. The maximum absolute atomic E-state index is 12.2. The number of furan rings is 1. The van der Waals surface area contributed by atoms with Gasteiger partial charge in [0.15, 0.2) is 0 Å². The fourth-order valence-electron chi connectivity index (χ4n) is 1.95. The molecule has 0 aliphatic heterocycles. The molecule has 0 fully saturated rings. The van der Waals surface area contributed by atoms with Crippen molar-refractivity contribution in [3.8, 4) is 5.75 Å². The lowest BCUT2D eigenvalue weighted by atomic mass is 10.2. The summed E-state index contributed by atoms with van der Waals surface area (Å²) in [7, 11) is -3.98. The van der Waals surface area contributed by atoms with Gasteiger partial charge in [0.1, 0.15) is 17.3 Å². The molecule has 0 amide bonds. The highest BCUT2D eigenvalue weighted by Gasteiger charge is 2.31. The largest absolute Gasteiger partial charge is 0.573 e. The van der Waals surface area contributed by atoms with Crippen molar-refractivity contribution in [2.24, 2.45) is 0 Å². The number of rotatable bonds is 5. The quantitative estimate of drug-likeness (QED) is 0.899. The summed E-state index contributed by atoms with van der Waals surface area (Å²) in [6, 6.07) is 5.86. The molecule has 0 bridgehead atoms. The first-order valence-corrected chi connectivity index (χ1v) is 7.96. The summed E-state index contributed by atoms with van der Waals surface area (Å²) in [4.78, 5) is -0.322. The van der Waals surface area contributed by atoms with E-state index in [0.29, 0.717) is 17.1 Å². The van der Waals surface area contributed by atoms with Crippen LogP contribution in [0.1, 0.15) is 17.1 Å². The Labute approximate surface area is 131 Å². The average molecular weight is 349 g/mol. The highest BCUT2D eigenvalue weighted by Crippen LogP contribution is 2.25. The van der Waals surface area contributed by atoms with Crippen LogP contribution in [0.15, 0.2) is 39.6 Å². The molecule has 0 aliphatic rings. The van der Waals surface area contributed by atoms with Crippen molar-refractivity contribution in [1.82, 2.24) is 4.72 Å². The number of nitrogens with one attached hydrogen (secondary N) is 1. The fraction of sp³-hybridized carbons (Fsp3) is 0.286. The van der Waals surface area contributed by atoms with Crippen LogP contribution in [-0.4, -0.2) is 14.8 Å². The van der Waals surface area contributed by atoms with Gasteiger partial charge in [-0.05, 0) is 32.0 Å². The molecule has 2 rings (SSSR count). The van der Waals surface area contributed by atoms with Crippen LogP contribution in [0.2, 0.25) is 0 Å². The number of sulfonamides is 1. The molecule has 0 atom stereocenters.